The lowest BCUT2D eigenvalue weighted by atomic mass is 10.3. The van der Waals surface area contributed by atoms with E-state index in [1.165, 1.54) is 24.5 Å². The summed E-state index contributed by atoms with van der Waals surface area (Å²) < 4.78 is 30.1. The number of aryl methyl sites for hydroxylation is 1. The molecule has 128 valence electrons. The number of nitrogens with zero attached hydrogens (tertiary/aromatic N) is 5. The maximum absolute atomic E-state index is 12.2. The number of rotatable bonds is 5. The number of imidazole rings is 1. The Hall–Kier alpha value is -3.43. The Morgan fingerprint density at radius 1 is 1.20 bits per heavy atom. The number of alkyl halides is 2. The molecule has 3 rings (SSSR count). The molecule has 0 aromatic carbocycles. The second-order valence-corrected chi connectivity index (χ2v) is 4.84. The molecule has 0 radical (unpaired) electrons. The van der Waals surface area contributed by atoms with Crippen LogP contribution in [0.15, 0.2) is 43.0 Å². The van der Waals surface area contributed by atoms with Crippen LogP contribution in [0.25, 0.3) is 11.5 Å². The van der Waals surface area contributed by atoms with E-state index in [2.05, 4.69) is 30.0 Å². The monoisotopic (exact) mass is 346 g/mol. The molecule has 8 nitrogen and oxygen atoms in total. The summed E-state index contributed by atoms with van der Waals surface area (Å²) in [7, 11) is 1.80. The van der Waals surface area contributed by atoms with Crippen LogP contribution in [0.1, 0.15) is 10.6 Å². The number of nitrogens with one attached hydrogen (secondary N) is 1. The summed E-state index contributed by atoms with van der Waals surface area (Å²) in [4.78, 5) is 28.2. The van der Waals surface area contributed by atoms with E-state index in [1.807, 2.05) is 0 Å². The fourth-order valence-corrected chi connectivity index (χ4v) is 2.01. The molecule has 3 heterocycles. The number of carbonyl (C=O) groups excluding carboxylic acids is 1. The standard InChI is InChI=1S/C15H12F2N6O2/c1-23-7-6-19-13(23)10-4-5-18-12(22-10)14(24)21-9-2-3-11(20-8-9)25-15(16)17/h2-8,15H,1H3,(H,21,24). The number of ether oxygens (including phenoxy) is 1. The van der Waals surface area contributed by atoms with Crippen molar-refractivity contribution in [1.82, 2.24) is 24.5 Å². The van der Waals surface area contributed by atoms with Gasteiger partial charge in [-0.2, -0.15) is 8.78 Å². The number of aromatic nitrogens is 5. The van der Waals surface area contributed by atoms with Gasteiger partial charge in [0.1, 0.15) is 5.69 Å². The van der Waals surface area contributed by atoms with E-state index in [0.717, 1.165) is 0 Å². The Morgan fingerprint density at radius 2 is 2.04 bits per heavy atom. The molecule has 0 aliphatic heterocycles. The van der Waals surface area contributed by atoms with Crippen LogP contribution in [0.3, 0.4) is 0 Å². The first kappa shape index (κ1) is 16.4. The van der Waals surface area contributed by atoms with Crippen LogP contribution in [-0.4, -0.2) is 37.0 Å². The highest BCUT2D eigenvalue weighted by Crippen LogP contribution is 2.16. The van der Waals surface area contributed by atoms with Gasteiger partial charge in [0.2, 0.25) is 11.7 Å². The van der Waals surface area contributed by atoms with Gasteiger partial charge < -0.3 is 14.6 Å². The van der Waals surface area contributed by atoms with Crippen LogP contribution in [0.5, 0.6) is 5.88 Å². The number of halogens is 2. The van der Waals surface area contributed by atoms with E-state index in [-0.39, 0.29) is 17.4 Å². The predicted molar refractivity (Wildman–Crippen MR) is 83.1 cm³/mol. The van der Waals surface area contributed by atoms with Crippen molar-refractivity contribution < 1.29 is 18.3 Å². The average Bonchev–Trinajstić information content (AvgIpc) is 3.02. The first-order valence-corrected chi connectivity index (χ1v) is 7.06. The first-order chi connectivity index (χ1) is 12.0. The maximum Gasteiger partial charge on any atom is 0.388 e. The summed E-state index contributed by atoms with van der Waals surface area (Å²) in [5.74, 6) is -0.290. The van der Waals surface area contributed by atoms with Gasteiger partial charge in [-0.15, -0.1) is 0 Å². The highest BCUT2D eigenvalue weighted by atomic mass is 19.3. The normalized spacial score (nSPS) is 10.7. The fraction of sp³-hybridized carbons (Fsp3) is 0.133. The molecule has 3 aromatic rings. The Bertz CT molecular complexity index is 882. The van der Waals surface area contributed by atoms with Crippen LogP contribution in [0, 0.1) is 0 Å². The van der Waals surface area contributed by atoms with Crippen molar-refractivity contribution in [2.45, 2.75) is 6.61 Å². The number of hydrogen-bond acceptors (Lipinski definition) is 6. The van der Waals surface area contributed by atoms with E-state index in [1.54, 1.807) is 30.1 Å². The number of amides is 1. The molecule has 0 aliphatic carbocycles. The van der Waals surface area contributed by atoms with E-state index < -0.39 is 12.5 Å². The molecule has 0 aliphatic rings. The van der Waals surface area contributed by atoms with Gasteiger partial charge in [0.15, 0.2) is 5.82 Å². The Morgan fingerprint density at radius 3 is 2.68 bits per heavy atom. The van der Waals surface area contributed by atoms with Crippen LogP contribution in [0.2, 0.25) is 0 Å². The second-order valence-electron chi connectivity index (χ2n) is 4.84. The summed E-state index contributed by atoms with van der Waals surface area (Å²) in [6, 6.07) is 4.23. The summed E-state index contributed by atoms with van der Waals surface area (Å²) in [6.07, 6.45) is 6.01. The SMILES string of the molecule is Cn1ccnc1-c1ccnc(C(=O)Nc2ccc(OC(F)F)nc2)n1. The number of pyridine rings is 1. The minimum absolute atomic E-state index is 0.0617. The first-order valence-electron chi connectivity index (χ1n) is 7.06. The molecule has 1 amide bonds. The Balaban J connectivity index is 1.74. The third-order valence-corrected chi connectivity index (χ3v) is 3.11. The molecule has 0 spiro atoms. The van der Waals surface area contributed by atoms with Crippen molar-refractivity contribution in [3.8, 4) is 17.4 Å². The van der Waals surface area contributed by atoms with E-state index >= 15 is 0 Å². The molecule has 0 bridgehead atoms. The van der Waals surface area contributed by atoms with Crippen molar-refractivity contribution in [2.75, 3.05) is 5.32 Å². The van der Waals surface area contributed by atoms with Gasteiger partial charge in [0.25, 0.3) is 5.91 Å². The minimum atomic E-state index is -2.96. The average molecular weight is 346 g/mol. The molecule has 1 N–H and O–H groups in total. The zero-order valence-electron chi connectivity index (χ0n) is 12.9. The molecule has 0 unspecified atom stereocenters. The summed E-state index contributed by atoms with van der Waals surface area (Å²) in [6.45, 7) is -2.96. The molecular formula is C15H12F2N6O2. The lowest BCUT2D eigenvalue weighted by Gasteiger charge is -2.07. The second kappa shape index (κ2) is 6.99. The summed E-state index contributed by atoms with van der Waals surface area (Å²) >= 11 is 0. The third-order valence-electron chi connectivity index (χ3n) is 3.11. The lowest BCUT2D eigenvalue weighted by molar-refractivity contribution is -0.0528. The number of hydrogen-bond donors (Lipinski definition) is 1. The van der Waals surface area contributed by atoms with Gasteiger partial charge in [0, 0.05) is 31.7 Å². The molecule has 0 fully saturated rings. The third kappa shape index (κ3) is 3.91. The van der Waals surface area contributed by atoms with E-state index in [9.17, 15) is 13.6 Å². The molecule has 3 aromatic heterocycles. The quantitative estimate of drug-likeness (QED) is 0.760. The van der Waals surface area contributed by atoms with E-state index in [4.69, 9.17) is 0 Å². The van der Waals surface area contributed by atoms with Crippen molar-refractivity contribution in [2.24, 2.45) is 7.05 Å². The van der Waals surface area contributed by atoms with Crippen LogP contribution < -0.4 is 10.1 Å². The van der Waals surface area contributed by atoms with Crippen molar-refractivity contribution in [3.63, 3.8) is 0 Å². The maximum atomic E-state index is 12.2. The van der Waals surface area contributed by atoms with E-state index in [0.29, 0.717) is 11.5 Å². The summed E-state index contributed by atoms with van der Waals surface area (Å²) in [5.41, 5.74) is 0.782. The smallest absolute Gasteiger partial charge is 0.388 e. The molecule has 10 heteroatoms. The largest absolute Gasteiger partial charge is 0.417 e. The molecule has 0 saturated heterocycles. The van der Waals surface area contributed by atoms with Crippen molar-refractivity contribution >= 4 is 11.6 Å². The highest BCUT2D eigenvalue weighted by molar-refractivity contribution is 6.01. The van der Waals surface area contributed by atoms with Crippen molar-refractivity contribution in [1.29, 1.82) is 0 Å². The fourth-order valence-electron chi connectivity index (χ4n) is 2.01. The van der Waals surface area contributed by atoms with Crippen LogP contribution >= 0.6 is 0 Å². The molecule has 0 atom stereocenters. The topological polar surface area (TPSA) is 94.8 Å². The summed E-state index contributed by atoms with van der Waals surface area (Å²) in [5, 5.41) is 2.53. The van der Waals surface area contributed by atoms with Gasteiger partial charge in [-0.1, -0.05) is 0 Å². The highest BCUT2D eigenvalue weighted by Gasteiger charge is 2.13. The predicted octanol–water partition coefficient (Wildman–Crippen LogP) is 2.13. The van der Waals surface area contributed by atoms with Gasteiger partial charge in [0.05, 0.1) is 11.9 Å². The molecule has 0 saturated carbocycles. The Kier molecular flexibility index (Phi) is 4.59. The molecule has 25 heavy (non-hydrogen) atoms. The Labute approximate surface area is 140 Å². The van der Waals surface area contributed by atoms with Crippen molar-refractivity contribution in [3.05, 3.63) is 48.8 Å². The minimum Gasteiger partial charge on any atom is -0.417 e. The van der Waals surface area contributed by atoms with Gasteiger partial charge >= 0.3 is 6.61 Å². The van der Waals surface area contributed by atoms with Gasteiger partial charge in [-0.05, 0) is 12.1 Å². The zero-order valence-corrected chi connectivity index (χ0v) is 12.9. The number of anilines is 1. The van der Waals surface area contributed by atoms with Gasteiger partial charge in [-0.3, -0.25) is 4.79 Å². The zero-order chi connectivity index (χ0) is 17.8. The van der Waals surface area contributed by atoms with Gasteiger partial charge in [-0.25, -0.2) is 19.9 Å². The molecular weight excluding hydrogens is 334 g/mol. The lowest BCUT2D eigenvalue weighted by Crippen LogP contribution is -2.16. The number of carbonyl (C=O) groups is 1. The van der Waals surface area contributed by atoms with Crippen LogP contribution in [0.4, 0.5) is 14.5 Å². The van der Waals surface area contributed by atoms with Crippen LogP contribution in [-0.2, 0) is 7.05 Å².